The second-order valence-corrected chi connectivity index (χ2v) is 2.72. The van der Waals surface area contributed by atoms with Crippen molar-refractivity contribution in [1.29, 1.82) is 5.26 Å². The van der Waals surface area contributed by atoms with Gasteiger partial charge in [-0.25, -0.2) is 0 Å². The molecule has 0 aliphatic carbocycles. The zero-order valence-electron chi connectivity index (χ0n) is 6.53. The van der Waals surface area contributed by atoms with E-state index in [4.69, 9.17) is 5.26 Å². The summed E-state index contributed by atoms with van der Waals surface area (Å²) in [5, 5.41) is 8.30. The molecular weight excluding hydrogens is 136 g/mol. The fourth-order valence-corrected chi connectivity index (χ4v) is 1.16. The summed E-state index contributed by atoms with van der Waals surface area (Å²) >= 11 is 0. The van der Waals surface area contributed by atoms with E-state index in [2.05, 4.69) is 17.1 Å². The van der Waals surface area contributed by atoms with Gasteiger partial charge in [0.25, 0.3) is 0 Å². The Morgan fingerprint density at radius 1 is 1.64 bits per heavy atom. The first-order chi connectivity index (χ1) is 5.43. The number of allylic oxidation sites excluding steroid dienone is 1. The van der Waals surface area contributed by atoms with Gasteiger partial charge in [0.2, 0.25) is 0 Å². The lowest BCUT2D eigenvalue weighted by atomic mass is 9.98. The first-order valence-electron chi connectivity index (χ1n) is 3.98. The Hall–Kier alpha value is -1.10. The van der Waals surface area contributed by atoms with E-state index in [0.717, 1.165) is 19.3 Å². The Balaban J connectivity index is 2.13. The Bertz CT molecular complexity index is 198. The molecule has 0 aromatic heterocycles. The Morgan fingerprint density at radius 3 is 3.18 bits per heavy atom. The van der Waals surface area contributed by atoms with Gasteiger partial charge >= 0.3 is 0 Å². The Labute approximate surface area is 67.3 Å². The molecule has 0 aromatic carbocycles. The largest absolute Gasteiger partial charge is 0.269 e. The molecule has 0 spiro atoms. The number of nitriles is 1. The van der Waals surface area contributed by atoms with Crippen molar-refractivity contribution in [3.63, 3.8) is 0 Å². The molecule has 0 saturated heterocycles. The summed E-state index contributed by atoms with van der Waals surface area (Å²) in [6, 6.07) is 2.15. The van der Waals surface area contributed by atoms with Crippen molar-refractivity contribution in [1.82, 2.24) is 0 Å². The van der Waals surface area contributed by atoms with Crippen LogP contribution in [0.2, 0.25) is 0 Å². The molecule has 2 nitrogen and oxygen atoms in total. The molecule has 0 aromatic rings. The highest BCUT2D eigenvalue weighted by Gasteiger charge is 2.04. The summed E-state index contributed by atoms with van der Waals surface area (Å²) in [6.45, 7) is 0. The monoisotopic (exact) mass is 148 g/mol. The van der Waals surface area contributed by atoms with Crippen LogP contribution in [-0.4, -0.2) is 6.21 Å². The van der Waals surface area contributed by atoms with Crippen LogP contribution < -0.4 is 0 Å². The maximum absolute atomic E-state index is 8.30. The summed E-state index contributed by atoms with van der Waals surface area (Å²) in [6.07, 6.45) is 9.77. The fraction of sp³-hybridized carbons (Fsp3) is 0.556. The average molecular weight is 148 g/mol. The number of hydrogen-bond donors (Lipinski definition) is 0. The summed E-state index contributed by atoms with van der Waals surface area (Å²) in [5.41, 5.74) is 0. The minimum atomic E-state index is 0.626. The van der Waals surface area contributed by atoms with Gasteiger partial charge in [0, 0.05) is 18.8 Å². The molecular formula is C9H12N2. The maximum atomic E-state index is 8.30. The van der Waals surface area contributed by atoms with E-state index in [1.807, 2.05) is 12.4 Å². The van der Waals surface area contributed by atoms with Crippen LogP contribution in [0.25, 0.3) is 0 Å². The highest BCUT2D eigenvalue weighted by molar-refractivity contribution is 5.60. The maximum Gasteiger partial charge on any atom is 0.0621 e. The van der Waals surface area contributed by atoms with Crippen LogP contribution in [0.3, 0.4) is 0 Å². The zero-order chi connectivity index (χ0) is 7.94. The third-order valence-electron chi connectivity index (χ3n) is 1.82. The highest BCUT2D eigenvalue weighted by Crippen LogP contribution is 2.15. The number of hydrogen-bond acceptors (Lipinski definition) is 2. The molecule has 0 radical (unpaired) electrons. The summed E-state index contributed by atoms with van der Waals surface area (Å²) < 4.78 is 0. The van der Waals surface area contributed by atoms with Crippen LogP contribution in [-0.2, 0) is 0 Å². The Morgan fingerprint density at radius 2 is 2.55 bits per heavy atom. The molecule has 11 heavy (non-hydrogen) atoms. The van der Waals surface area contributed by atoms with Crippen molar-refractivity contribution in [2.45, 2.75) is 25.7 Å². The van der Waals surface area contributed by atoms with Gasteiger partial charge in [-0.2, -0.15) is 5.26 Å². The van der Waals surface area contributed by atoms with E-state index in [9.17, 15) is 0 Å². The van der Waals surface area contributed by atoms with Gasteiger partial charge in [0.15, 0.2) is 0 Å². The molecule has 0 N–H and O–H groups in total. The van der Waals surface area contributed by atoms with Crippen molar-refractivity contribution in [3.8, 4) is 6.07 Å². The SMILES string of the molecule is N#CCCCC1C=CN=CC1. The number of nitrogens with zero attached hydrogens (tertiary/aromatic N) is 2. The minimum Gasteiger partial charge on any atom is -0.269 e. The molecule has 0 amide bonds. The molecule has 0 saturated carbocycles. The van der Waals surface area contributed by atoms with Crippen LogP contribution in [0, 0.1) is 17.2 Å². The molecule has 0 fully saturated rings. The van der Waals surface area contributed by atoms with Gasteiger partial charge in [-0.15, -0.1) is 0 Å². The first kappa shape index (κ1) is 8.00. The summed E-state index contributed by atoms with van der Waals surface area (Å²) in [4.78, 5) is 3.98. The van der Waals surface area contributed by atoms with Gasteiger partial charge in [-0.3, -0.25) is 4.99 Å². The van der Waals surface area contributed by atoms with Gasteiger partial charge in [0.05, 0.1) is 6.07 Å². The van der Waals surface area contributed by atoms with Crippen LogP contribution >= 0.6 is 0 Å². The third-order valence-corrected chi connectivity index (χ3v) is 1.82. The molecule has 1 atom stereocenters. The van der Waals surface area contributed by atoms with Crippen molar-refractivity contribution < 1.29 is 0 Å². The van der Waals surface area contributed by atoms with Crippen molar-refractivity contribution >= 4 is 6.21 Å². The van der Waals surface area contributed by atoms with E-state index >= 15 is 0 Å². The van der Waals surface area contributed by atoms with Crippen LogP contribution in [0.1, 0.15) is 25.7 Å². The van der Waals surface area contributed by atoms with Crippen LogP contribution in [0.4, 0.5) is 0 Å². The average Bonchev–Trinajstić information content (AvgIpc) is 2.07. The van der Waals surface area contributed by atoms with Gasteiger partial charge in [0.1, 0.15) is 0 Å². The normalized spacial score (nSPS) is 21.5. The van der Waals surface area contributed by atoms with E-state index in [0.29, 0.717) is 12.3 Å². The Kier molecular flexibility index (Phi) is 3.40. The predicted octanol–water partition coefficient (Wildman–Crippen LogP) is 2.28. The van der Waals surface area contributed by atoms with Crippen molar-refractivity contribution in [3.05, 3.63) is 12.3 Å². The van der Waals surface area contributed by atoms with E-state index in [1.54, 1.807) is 0 Å². The lowest BCUT2D eigenvalue weighted by molar-refractivity contribution is 0.584. The zero-order valence-corrected chi connectivity index (χ0v) is 6.53. The quantitative estimate of drug-likeness (QED) is 0.565. The highest BCUT2D eigenvalue weighted by atomic mass is 14.7. The van der Waals surface area contributed by atoms with E-state index in [1.165, 1.54) is 0 Å². The second kappa shape index (κ2) is 4.68. The number of rotatable bonds is 3. The van der Waals surface area contributed by atoms with Crippen LogP contribution in [0.5, 0.6) is 0 Å². The minimum absolute atomic E-state index is 0.626. The molecule has 2 heteroatoms. The summed E-state index contributed by atoms with van der Waals surface area (Å²) in [5.74, 6) is 0.626. The van der Waals surface area contributed by atoms with E-state index < -0.39 is 0 Å². The van der Waals surface area contributed by atoms with Gasteiger partial charge < -0.3 is 0 Å². The fourth-order valence-electron chi connectivity index (χ4n) is 1.16. The predicted molar refractivity (Wildman–Crippen MR) is 45.2 cm³/mol. The lowest BCUT2D eigenvalue weighted by Crippen LogP contribution is -1.99. The lowest BCUT2D eigenvalue weighted by Gasteiger charge is -2.09. The molecule has 1 unspecified atom stereocenters. The number of unbranched alkanes of at least 4 members (excludes halogenated alkanes) is 1. The van der Waals surface area contributed by atoms with Crippen LogP contribution in [0.15, 0.2) is 17.3 Å². The van der Waals surface area contributed by atoms with Crippen molar-refractivity contribution in [2.75, 3.05) is 0 Å². The molecule has 1 rings (SSSR count). The summed E-state index contributed by atoms with van der Waals surface area (Å²) in [7, 11) is 0. The first-order valence-corrected chi connectivity index (χ1v) is 3.98. The molecule has 1 aliphatic heterocycles. The standard InChI is InChI=1S/C9H12N2/c10-6-2-1-3-9-4-7-11-8-5-9/h4,7-9H,1-3,5H2. The molecule has 1 heterocycles. The second-order valence-electron chi connectivity index (χ2n) is 2.72. The molecule has 58 valence electrons. The smallest absolute Gasteiger partial charge is 0.0621 e. The van der Waals surface area contributed by atoms with Gasteiger partial charge in [-0.1, -0.05) is 6.08 Å². The third kappa shape index (κ3) is 2.99. The van der Waals surface area contributed by atoms with Gasteiger partial charge in [-0.05, 0) is 25.2 Å². The molecule has 1 aliphatic rings. The van der Waals surface area contributed by atoms with E-state index in [-0.39, 0.29) is 0 Å². The van der Waals surface area contributed by atoms with Crippen molar-refractivity contribution in [2.24, 2.45) is 10.9 Å². The molecule has 0 bridgehead atoms. The topological polar surface area (TPSA) is 36.1 Å². The number of aliphatic imine (C=N–C) groups is 1.